The van der Waals surface area contributed by atoms with Crippen molar-refractivity contribution < 1.29 is 4.39 Å². The molecule has 0 saturated heterocycles. The van der Waals surface area contributed by atoms with Gasteiger partial charge in [-0.05, 0) is 41.5 Å². The lowest BCUT2D eigenvalue weighted by molar-refractivity contribution is 0.613. The van der Waals surface area contributed by atoms with Crippen molar-refractivity contribution in [3.05, 3.63) is 27.8 Å². The van der Waals surface area contributed by atoms with Crippen LogP contribution in [0.3, 0.4) is 0 Å². The Morgan fingerprint density at radius 3 is 2.88 bits per heavy atom. The van der Waals surface area contributed by atoms with Gasteiger partial charge in [0.2, 0.25) is 0 Å². The molecule has 1 aliphatic carbocycles. The van der Waals surface area contributed by atoms with Gasteiger partial charge in [-0.2, -0.15) is 0 Å². The fourth-order valence-electron chi connectivity index (χ4n) is 1.92. The molecule has 0 atom stereocenters. The monoisotopic (exact) mass is 326 g/mol. The van der Waals surface area contributed by atoms with Gasteiger partial charge in [0.15, 0.2) is 0 Å². The van der Waals surface area contributed by atoms with Crippen LogP contribution in [0.2, 0.25) is 0 Å². The number of halogens is 2. The van der Waals surface area contributed by atoms with Crippen molar-refractivity contribution in [2.24, 2.45) is 0 Å². The van der Waals surface area contributed by atoms with E-state index >= 15 is 0 Å². The van der Waals surface area contributed by atoms with Crippen LogP contribution in [-0.4, -0.2) is 9.55 Å². The number of hydrogen-bond donors (Lipinski definition) is 0. The van der Waals surface area contributed by atoms with Gasteiger partial charge < -0.3 is 4.57 Å². The molecule has 1 fully saturated rings. The molecule has 16 heavy (non-hydrogen) atoms. The van der Waals surface area contributed by atoms with E-state index in [2.05, 4.69) is 10.9 Å². The Bertz CT molecular complexity index is 620. The minimum absolute atomic E-state index is 0.220. The highest BCUT2D eigenvalue weighted by molar-refractivity contribution is 14.1. The van der Waals surface area contributed by atoms with Gasteiger partial charge in [0.25, 0.3) is 0 Å². The summed E-state index contributed by atoms with van der Waals surface area (Å²) in [6, 6.07) is 3.26. The quantitative estimate of drug-likeness (QED) is 0.582. The average molecular weight is 326 g/mol. The third-order valence-corrected chi connectivity index (χ3v) is 3.87. The number of imidazole rings is 1. The first kappa shape index (κ1) is 10.1. The predicted octanol–water partition coefficient (Wildman–Crippen LogP) is 2.90. The summed E-state index contributed by atoms with van der Waals surface area (Å²) in [5.41, 5.74) is 1.33. The Morgan fingerprint density at radius 1 is 1.50 bits per heavy atom. The highest BCUT2D eigenvalue weighted by Crippen LogP contribution is 2.44. The summed E-state index contributed by atoms with van der Waals surface area (Å²) in [6.07, 6.45) is 9.13. The smallest absolute Gasteiger partial charge is 0.138 e. The highest BCUT2D eigenvalue weighted by Gasteiger charge is 2.43. The van der Waals surface area contributed by atoms with Crippen LogP contribution in [0.4, 0.5) is 4.39 Å². The Hall–Kier alpha value is -1.09. The Kier molecular flexibility index (Phi) is 2.02. The summed E-state index contributed by atoms with van der Waals surface area (Å²) in [5.74, 6) is 2.56. The molecule has 0 radical (unpaired) electrons. The van der Waals surface area contributed by atoms with Gasteiger partial charge in [-0.1, -0.05) is 5.92 Å². The van der Waals surface area contributed by atoms with E-state index in [1.807, 2.05) is 27.2 Å². The molecule has 0 aliphatic heterocycles. The first-order chi connectivity index (χ1) is 7.66. The maximum Gasteiger partial charge on any atom is 0.138 e. The van der Waals surface area contributed by atoms with Crippen molar-refractivity contribution in [3.8, 4) is 12.3 Å². The number of aromatic nitrogens is 2. The maximum atomic E-state index is 13.5. The normalized spacial score (nSPS) is 17.3. The van der Waals surface area contributed by atoms with Gasteiger partial charge in [0, 0.05) is 6.07 Å². The third kappa shape index (κ3) is 1.27. The lowest BCUT2D eigenvalue weighted by Gasteiger charge is -2.10. The van der Waals surface area contributed by atoms with E-state index in [4.69, 9.17) is 6.42 Å². The number of rotatable bonds is 1. The molecular weight excluding hydrogens is 318 g/mol. The number of terminal acetylenes is 1. The molecule has 0 N–H and O–H groups in total. The fourth-order valence-corrected chi connectivity index (χ4v) is 2.37. The van der Waals surface area contributed by atoms with Gasteiger partial charge in [0.1, 0.15) is 11.4 Å². The molecule has 1 aliphatic rings. The number of fused-ring (bicyclic) bond motifs is 1. The van der Waals surface area contributed by atoms with Crippen molar-refractivity contribution >= 4 is 33.6 Å². The van der Waals surface area contributed by atoms with E-state index in [0.717, 1.165) is 23.9 Å². The lowest BCUT2D eigenvalue weighted by Crippen LogP contribution is -2.12. The van der Waals surface area contributed by atoms with Gasteiger partial charge in [0.05, 0.1) is 20.9 Å². The molecule has 3 rings (SSSR count). The second-order valence-electron chi connectivity index (χ2n) is 4.05. The van der Waals surface area contributed by atoms with Gasteiger partial charge in [-0.25, -0.2) is 9.37 Å². The molecule has 0 bridgehead atoms. The summed E-state index contributed by atoms with van der Waals surface area (Å²) in [4.78, 5) is 4.27. The summed E-state index contributed by atoms with van der Waals surface area (Å²) >= 11 is 1.96. The van der Waals surface area contributed by atoms with Crippen molar-refractivity contribution in [1.82, 2.24) is 9.55 Å². The van der Waals surface area contributed by atoms with Crippen LogP contribution in [0.1, 0.15) is 12.8 Å². The highest BCUT2D eigenvalue weighted by atomic mass is 127. The molecule has 1 aromatic heterocycles. The molecule has 0 spiro atoms. The van der Waals surface area contributed by atoms with Crippen LogP contribution < -0.4 is 0 Å². The summed E-state index contributed by atoms with van der Waals surface area (Å²) in [6.45, 7) is 0. The van der Waals surface area contributed by atoms with E-state index in [-0.39, 0.29) is 11.4 Å². The molecule has 4 heteroatoms. The summed E-state index contributed by atoms with van der Waals surface area (Å²) in [7, 11) is 0. The van der Waals surface area contributed by atoms with Crippen LogP contribution in [0.25, 0.3) is 11.0 Å². The molecule has 80 valence electrons. The van der Waals surface area contributed by atoms with Crippen LogP contribution in [-0.2, 0) is 5.54 Å². The van der Waals surface area contributed by atoms with Crippen molar-refractivity contribution in [2.75, 3.05) is 0 Å². The summed E-state index contributed by atoms with van der Waals surface area (Å²) < 4.78 is 16.0. The van der Waals surface area contributed by atoms with E-state index in [9.17, 15) is 4.39 Å². The molecule has 1 saturated carbocycles. The average Bonchev–Trinajstić information content (AvgIpc) is 2.97. The number of nitrogens with zero attached hydrogens (tertiary/aromatic N) is 2. The Labute approximate surface area is 106 Å². The van der Waals surface area contributed by atoms with E-state index in [1.54, 1.807) is 12.4 Å². The Morgan fingerprint density at radius 2 is 2.25 bits per heavy atom. The fraction of sp³-hybridized carbons (Fsp3) is 0.250. The minimum atomic E-state index is -0.256. The topological polar surface area (TPSA) is 17.8 Å². The predicted molar refractivity (Wildman–Crippen MR) is 68.4 cm³/mol. The van der Waals surface area contributed by atoms with Crippen LogP contribution in [0, 0.1) is 21.7 Å². The second-order valence-corrected chi connectivity index (χ2v) is 5.21. The molecule has 0 amide bonds. The molecule has 0 unspecified atom stereocenters. The SMILES string of the molecule is C#CC1(n2cnc3cc(I)c(F)cc32)CC1. The van der Waals surface area contributed by atoms with Crippen molar-refractivity contribution in [3.63, 3.8) is 0 Å². The zero-order valence-corrected chi connectivity index (χ0v) is 10.5. The van der Waals surface area contributed by atoms with Crippen LogP contribution in [0.15, 0.2) is 18.5 Å². The van der Waals surface area contributed by atoms with Gasteiger partial charge >= 0.3 is 0 Å². The second kappa shape index (κ2) is 3.20. The molecule has 2 nitrogen and oxygen atoms in total. The molecule has 2 aromatic rings. The first-order valence-corrected chi connectivity index (χ1v) is 6.04. The van der Waals surface area contributed by atoms with Crippen LogP contribution >= 0.6 is 22.6 Å². The lowest BCUT2D eigenvalue weighted by atomic mass is 10.2. The number of benzene rings is 1. The van der Waals surface area contributed by atoms with E-state index in [0.29, 0.717) is 3.57 Å². The summed E-state index contributed by atoms with van der Waals surface area (Å²) in [5, 5.41) is 0. The zero-order chi connectivity index (χ0) is 11.3. The molecule has 1 aromatic carbocycles. The van der Waals surface area contributed by atoms with Crippen LogP contribution in [0.5, 0.6) is 0 Å². The first-order valence-electron chi connectivity index (χ1n) is 4.97. The third-order valence-electron chi connectivity index (χ3n) is 3.04. The van der Waals surface area contributed by atoms with Crippen molar-refractivity contribution in [1.29, 1.82) is 0 Å². The standard InChI is InChI=1S/C12H8FIN2/c1-2-12(3-4-12)16-7-15-10-6-9(14)8(13)5-11(10)16/h1,5-7H,3-4H2. The van der Waals surface area contributed by atoms with E-state index in [1.165, 1.54) is 6.07 Å². The molecular formula is C12H8FIN2. The van der Waals surface area contributed by atoms with Crippen molar-refractivity contribution in [2.45, 2.75) is 18.4 Å². The van der Waals surface area contributed by atoms with Gasteiger partial charge in [-0.3, -0.25) is 0 Å². The maximum absolute atomic E-state index is 13.5. The Balaban J connectivity index is 2.29. The molecule has 1 heterocycles. The van der Waals surface area contributed by atoms with Gasteiger partial charge in [-0.15, -0.1) is 6.42 Å². The largest absolute Gasteiger partial charge is 0.313 e. The number of hydrogen-bond acceptors (Lipinski definition) is 1. The minimum Gasteiger partial charge on any atom is -0.313 e. The van der Waals surface area contributed by atoms with E-state index < -0.39 is 0 Å². The zero-order valence-electron chi connectivity index (χ0n) is 8.37.